The summed E-state index contributed by atoms with van der Waals surface area (Å²) in [5.41, 5.74) is 0. The van der Waals surface area contributed by atoms with Crippen molar-refractivity contribution in [3.05, 3.63) is 35.3 Å². The van der Waals surface area contributed by atoms with Gasteiger partial charge in [0.15, 0.2) is 0 Å². The van der Waals surface area contributed by atoms with Gasteiger partial charge in [0.05, 0.1) is 5.38 Å². The molecule has 0 fully saturated rings. The van der Waals surface area contributed by atoms with Crippen molar-refractivity contribution in [2.24, 2.45) is 0 Å². The summed E-state index contributed by atoms with van der Waals surface area (Å²) in [6.07, 6.45) is 9.49. The molecular formula is C7H7ClS. The fourth-order valence-electron chi connectivity index (χ4n) is 0.571. The van der Waals surface area contributed by atoms with Crippen molar-refractivity contribution >= 4 is 24.2 Å². The van der Waals surface area contributed by atoms with Crippen LogP contribution >= 0.6 is 24.2 Å². The van der Waals surface area contributed by atoms with Crippen molar-refractivity contribution in [2.75, 3.05) is 0 Å². The van der Waals surface area contributed by atoms with E-state index in [9.17, 15) is 0 Å². The molecule has 2 heteroatoms. The fourth-order valence-corrected chi connectivity index (χ4v) is 0.899. The van der Waals surface area contributed by atoms with Gasteiger partial charge in [-0.15, -0.1) is 24.2 Å². The Kier molecular flexibility index (Phi) is 2.43. The monoisotopic (exact) mass is 158 g/mol. The fraction of sp³-hybridized carbons (Fsp3) is 0.143. The van der Waals surface area contributed by atoms with Crippen LogP contribution in [0.5, 0.6) is 0 Å². The quantitative estimate of drug-likeness (QED) is 0.407. The smallest absolute Gasteiger partial charge is 0.0703 e. The summed E-state index contributed by atoms with van der Waals surface area (Å²) in [5.74, 6) is 0. The summed E-state index contributed by atoms with van der Waals surface area (Å²) in [6.45, 7) is 0. The van der Waals surface area contributed by atoms with Crippen LogP contribution in [0.1, 0.15) is 0 Å². The van der Waals surface area contributed by atoms with Gasteiger partial charge in [0, 0.05) is 4.91 Å². The number of rotatable bonds is 0. The van der Waals surface area contributed by atoms with Crippen LogP contribution in [0.4, 0.5) is 0 Å². The van der Waals surface area contributed by atoms with Crippen molar-refractivity contribution < 1.29 is 0 Å². The van der Waals surface area contributed by atoms with Gasteiger partial charge < -0.3 is 0 Å². The molecule has 0 bridgehead atoms. The minimum Gasteiger partial charge on any atom is -0.143 e. The molecule has 48 valence electrons. The van der Waals surface area contributed by atoms with Crippen molar-refractivity contribution in [2.45, 2.75) is 5.38 Å². The third-order valence-corrected chi connectivity index (χ3v) is 1.60. The Balaban J connectivity index is 2.75. The van der Waals surface area contributed by atoms with E-state index in [1.54, 1.807) is 0 Å². The molecule has 0 amide bonds. The Hall–Kier alpha value is -0.140. The summed E-state index contributed by atoms with van der Waals surface area (Å²) in [4.78, 5) is 0.939. The number of halogens is 1. The zero-order valence-electron chi connectivity index (χ0n) is 4.79. The van der Waals surface area contributed by atoms with Crippen LogP contribution in [0.2, 0.25) is 0 Å². The largest absolute Gasteiger partial charge is 0.143 e. The molecule has 0 saturated carbocycles. The van der Waals surface area contributed by atoms with Gasteiger partial charge >= 0.3 is 0 Å². The third-order valence-electron chi connectivity index (χ3n) is 1.01. The Morgan fingerprint density at radius 3 is 3.00 bits per heavy atom. The van der Waals surface area contributed by atoms with Gasteiger partial charge in [0.2, 0.25) is 0 Å². The van der Waals surface area contributed by atoms with Crippen LogP contribution in [0, 0.1) is 0 Å². The predicted octanol–water partition coefficient (Wildman–Crippen LogP) is 2.53. The van der Waals surface area contributed by atoms with Crippen LogP contribution in [-0.2, 0) is 0 Å². The number of thiol groups is 1. The average molecular weight is 159 g/mol. The molecule has 1 unspecified atom stereocenters. The molecule has 0 heterocycles. The highest BCUT2D eigenvalue weighted by molar-refractivity contribution is 7.84. The Morgan fingerprint density at radius 1 is 1.44 bits per heavy atom. The molecule has 1 aliphatic carbocycles. The van der Waals surface area contributed by atoms with E-state index in [0.717, 1.165) is 4.91 Å². The lowest BCUT2D eigenvalue weighted by Crippen LogP contribution is -1.82. The summed E-state index contributed by atoms with van der Waals surface area (Å²) >= 11 is 9.88. The van der Waals surface area contributed by atoms with Crippen LogP contribution in [0.15, 0.2) is 35.3 Å². The van der Waals surface area contributed by atoms with Crippen molar-refractivity contribution in [1.82, 2.24) is 0 Å². The minimum absolute atomic E-state index is 0.0194. The van der Waals surface area contributed by atoms with Crippen LogP contribution in [-0.4, -0.2) is 5.38 Å². The van der Waals surface area contributed by atoms with Crippen molar-refractivity contribution in [3.63, 3.8) is 0 Å². The first-order valence-electron chi connectivity index (χ1n) is 2.69. The number of alkyl halides is 1. The Morgan fingerprint density at radius 2 is 2.22 bits per heavy atom. The lowest BCUT2D eigenvalue weighted by Gasteiger charge is -1.88. The lowest BCUT2D eigenvalue weighted by molar-refractivity contribution is 1.41. The second-order valence-electron chi connectivity index (χ2n) is 1.78. The van der Waals surface area contributed by atoms with E-state index < -0.39 is 0 Å². The third kappa shape index (κ3) is 2.29. The molecule has 9 heavy (non-hydrogen) atoms. The number of hydrogen-bond acceptors (Lipinski definition) is 1. The predicted molar refractivity (Wildman–Crippen MR) is 45.0 cm³/mol. The average Bonchev–Trinajstić information content (AvgIpc) is 1.97. The number of hydrogen-bond donors (Lipinski definition) is 1. The van der Waals surface area contributed by atoms with E-state index in [2.05, 4.69) is 12.6 Å². The summed E-state index contributed by atoms with van der Waals surface area (Å²) in [7, 11) is 0. The minimum atomic E-state index is 0.0194. The van der Waals surface area contributed by atoms with Gasteiger partial charge in [-0.25, -0.2) is 0 Å². The first-order chi connectivity index (χ1) is 4.29. The van der Waals surface area contributed by atoms with Crippen molar-refractivity contribution in [1.29, 1.82) is 0 Å². The normalized spacial score (nSPS) is 25.6. The van der Waals surface area contributed by atoms with E-state index in [4.69, 9.17) is 11.6 Å². The Bertz CT molecular complexity index is 179. The van der Waals surface area contributed by atoms with Gasteiger partial charge in [0.25, 0.3) is 0 Å². The van der Waals surface area contributed by atoms with E-state index >= 15 is 0 Å². The molecule has 0 radical (unpaired) electrons. The lowest BCUT2D eigenvalue weighted by atomic mass is 10.4. The standard InChI is InChI=1S/C7H7ClS/c8-6-2-1-3-7(9)5-4-6/h1-6,9H. The molecule has 0 saturated heterocycles. The molecule has 0 aromatic rings. The second kappa shape index (κ2) is 3.14. The highest BCUT2D eigenvalue weighted by atomic mass is 35.5. The second-order valence-corrected chi connectivity index (χ2v) is 2.80. The molecule has 1 rings (SSSR count). The molecule has 1 atom stereocenters. The maximum absolute atomic E-state index is 5.75. The molecule has 0 nitrogen and oxygen atoms in total. The zero-order chi connectivity index (χ0) is 6.69. The molecule has 0 spiro atoms. The first-order valence-corrected chi connectivity index (χ1v) is 3.57. The van der Waals surface area contributed by atoms with Crippen LogP contribution < -0.4 is 0 Å². The zero-order valence-corrected chi connectivity index (χ0v) is 6.44. The Labute approximate surface area is 65.3 Å². The topological polar surface area (TPSA) is 0 Å². The summed E-state index contributed by atoms with van der Waals surface area (Å²) in [5, 5.41) is 0.0194. The maximum Gasteiger partial charge on any atom is 0.0703 e. The number of allylic oxidation sites excluding steroid dienone is 5. The van der Waals surface area contributed by atoms with Gasteiger partial charge in [0.1, 0.15) is 0 Å². The SMILES string of the molecule is SC1=CC=CC(Cl)C=C1. The van der Waals surface area contributed by atoms with Gasteiger partial charge in [-0.05, 0) is 6.08 Å². The molecule has 0 aliphatic heterocycles. The summed E-state index contributed by atoms with van der Waals surface area (Å²) < 4.78 is 0. The van der Waals surface area contributed by atoms with E-state index in [1.165, 1.54) is 0 Å². The van der Waals surface area contributed by atoms with Crippen molar-refractivity contribution in [3.8, 4) is 0 Å². The van der Waals surface area contributed by atoms with Gasteiger partial charge in [-0.2, -0.15) is 0 Å². The molecule has 1 aliphatic rings. The van der Waals surface area contributed by atoms with Gasteiger partial charge in [-0.1, -0.05) is 24.3 Å². The van der Waals surface area contributed by atoms with Crippen LogP contribution in [0.25, 0.3) is 0 Å². The molecule has 0 aromatic heterocycles. The molecular weight excluding hydrogens is 152 g/mol. The van der Waals surface area contributed by atoms with E-state index in [0.29, 0.717) is 0 Å². The maximum atomic E-state index is 5.75. The highest BCUT2D eigenvalue weighted by Crippen LogP contribution is 2.10. The summed E-state index contributed by atoms with van der Waals surface area (Å²) in [6, 6.07) is 0. The van der Waals surface area contributed by atoms with Crippen LogP contribution in [0.3, 0.4) is 0 Å². The van der Waals surface area contributed by atoms with E-state index in [-0.39, 0.29) is 5.38 Å². The first kappa shape index (κ1) is 6.97. The molecule has 0 aromatic carbocycles. The van der Waals surface area contributed by atoms with E-state index in [1.807, 2.05) is 30.4 Å². The molecule has 0 N–H and O–H groups in total. The highest BCUT2D eigenvalue weighted by Gasteiger charge is 1.93. The van der Waals surface area contributed by atoms with Gasteiger partial charge in [-0.3, -0.25) is 0 Å².